The normalized spacial score (nSPS) is 10.9. The third-order valence-corrected chi connectivity index (χ3v) is 3.66. The van der Waals surface area contributed by atoms with Gasteiger partial charge in [-0.05, 0) is 43.1 Å². The Morgan fingerprint density at radius 1 is 1.14 bits per heavy atom. The molecule has 2 aromatic carbocycles. The molecule has 0 spiro atoms. The van der Waals surface area contributed by atoms with Crippen LogP contribution in [-0.4, -0.2) is 6.54 Å². The van der Waals surface area contributed by atoms with Gasteiger partial charge in [-0.3, -0.25) is 0 Å². The zero-order valence-corrected chi connectivity index (χ0v) is 12.9. The molecule has 0 aliphatic rings. The van der Waals surface area contributed by atoms with Crippen molar-refractivity contribution in [2.24, 2.45) is 0 Å². The summed E-state index contributed by atoms with van der Waals surface area (Å²) in [4.78, 5) is 0. The van der Waals surface area contributed by atoms with Gasteiger partial charge in [0.2, 0.25) is 0 Å². The monoisotopic (exact) mass is 309 g/mol. The first-order valence-electron chi connectivity index (χ1n) is 6.98. The van der Waals surface area contributed by atoms with E-state index >= 15 is 0 Å². The highest BCUT2D eigenvalue weighted by atomic mass is 35.5. The number of hydrogen-bond donors (Lipinski definition) is 1. The molecule has 0 atom stereocenters. The van der Waals surface area contributed by atoms with E-state index in [9.17, 15) is 8.78 Å². The largest absolute Gasteiger partial charge is 0.313 e. The van der Waals surface area contributed by atoms with Gasteiger partial charge in [0.1, 0.15) is 11.6 Å². The lowest BCUT2D eigenvalue weighted by Crippen LogP contribution is -2.13. The maximum Gasteiger partial charge on any atom is 0.136 e. The van der Waals surface area contributed by atoms with E-state index in [1.807, 2.05) is 6.07 Å². The molecule has 1 nitrogen and oxygen atoms in total. The topological polar surface area (TPSA) is 12.0 Å². The van der Waals surface area contributed by atoms with Crippen LogP contribution in [0.1, 0.15) is 24.5 Å². The standard InChI is InChI=1S/C17H18ClF2N/c1-3-8-21-10-12-5-6-13(14(18)9-12)16-15(19)7-4-11(2)17(16)20/h4-7,9,21H,3,8,10H2,1-2H3. The van der Waals surface area contributed by atoms with Crippen LogP contribution in [0.5, 0.6) is 0 Å². The van der Waals surface area contributed by atoms with E-state index in [1.165, 1.54) is 12.1 Å². The zero-order valence-electron chi connectivity index (χ0n) is 12.1. The molecule has 0 aromatic heterocycles. The summed E-state index contributed by atoms with van der Waals surface area (Å²) >= 11 is 6.21. The second-order valence-electron chi connectivity index (χ2n) is 5.04. The van der Waals surface area contributed by atoms with Crippen LogP contribution in [0.4, 0.5) is 8.78 Å². The minimum Gasteiger partial charge on any atom is -0.313 e. The van der Waals surface area contributed by atoms with E-state index in [2.05, 4.69) is 12.2 Å². The maximum absolute atomic E-state index is 14.2. The molecule has 0 fully saturated rings. The van der Waals surface area contributed by atoms with E-state index in [0.717, 1.165) is 18.5 Å². The Morgan fingerprint density at radius 3 is 2.57 bits per heavy atom. The number of nitrogens with one attached hydrogen (secondary N) is 1. The van der Waals surface area contributed by atoms with Gasteiger partial charge in [-0.15, -0.1) is 0 Å². The summed E-state index contributed by atoms with van der Waals surface area (Å²) in [7, 11) is 0. The zero-order chi connectivity index (χ0) is 15.4. The summed E-state index contributed by atoms with van der Waals surface area (Å²) in [5.74, 6) is -1.16. The summed E-state index contributed by atoms with van der Waals surface area (Å²) in [5, 5.41) is 3.62. The Labute approximate surface area is 128 Å². The number of hydrogen-bond acceptors (Lipinski definition) is 1. The van der Waals surface area contributed by atoms with Crippen LogP contribution in [0.25, 0.3) is 11.1 Å². The van der Waals surface area contributed by atoms with Gasteiger partial charge in [0.05, 0.1) is 5.56 Å². The molecule has 0 radical (unpaired) electrons. The van der Waals surface area contributed by atoms with Crippen molar-refractivity contribution >= 4 is 11.6 Å². The molecule has 21 heavy (non-hydrogen) atoms. The van der Waals surface area contributed by atoms with Crippen LogP contribution >= 0.6 is 11.6 Å². The smallest absolute Gasteiger partial charge is 0.136 e. The molecule has 112 valence electrons. The summed E-state index contributed by atoms with van der Waals surface area (Å²) in [6.07, 6.45) is 1.05. The first-order chi connectivity index (χ1) is 10.0. The van der Waals surface area contributed by atoms with E-state index in [1.54, 1.807) is 19.1 Å². The number of aryl methyl sites for hydroxylation is 1. The lowest BCUT2D eigenvalue weighted by molar-refractivity contribution is 0.584. The molecular weight excluding hydrogens is 292 g/mol. The van der Waals surface area contributed by atoms with Crippen molar-refractivity contribution in [3.8, 4) is 11.1 Å². The van der Waals surface area contributed by atoms with Gasteiger partial charge in [-0.2, -0.15) is 0 Å². The second-order valence-corrected chi connectivity index (χ2v) is 5.45. The lowest BCUT2D eigenvalue weighted by Gasteiger charge is -2.11. The molecule has 2 aromatic rings. The number of benzene rings is 2. The van der Waals surface area contributed by atoms with Crippen LogP contribution in [0.2, 0.25) is 5.02 Å². The summed E-state index contributed by atoms with van der Waals surface area (Å²) in [6, 6.07) is 7.95. The number of rotatable bonds is 5. The SMILES string of the molecule is CCCNCc1ccc(-c2c(F)ccc(C)c2F)c(Cl)c1. The third-order valence-electron chi connectivity index (χ3n) is 3.34. The molecule has 0 aliphatic heterocycles. The van der Waals surface area contributed by atoms with E-state index in [-0.39, 0.29) is 5.56 Å². The van der Waals surface area contributed by atoms with Gasteiger partial charge in [0.25, 0.3) is 0 Å². The van der Waals surface area contributed by atoms with Gasteiger partial charge in [0.15, 0.2) is 0 Å². The molecule has 0 aliphatic carbocycles. The minimum absolute atomic E-state index is 0.0620. The predicted octanol–water partition coefficient (Wildman–Crippen LogP) is 5.09. The Morgan fingerprint density at radius 2 is 1.90 bits per heavy atom. The van der Waals surface area contributed by atoms with Crippen molar-refractivity contribution < 1.29 is 8.78 Å². The number of halogens is 3. The molecule has 0 saturated carbocycles. The fraction of sp³-hybridized carbons (Fsp3) is 0.294. The van der Waals surface area contributed by atoms with Gasteiger partial charge in [-0.1, -0.05) is 36.7 Å². The highest BCUT2D eigenvalue weighted by molar-refractivity contribution is 6.33. The highest BCUT2D eigenvalue weighted by Gasteiger charge is 2.16. The first-order valence-corrected chi connectivity index (χ1v) is 7.36. The molecule has 0 amide bonds. The first kappa shape index (κ1) is 15.9. The van der Waals surface area contributed by atoms with Crippen molar-refractivity contribution in [1.29, 1.82) is 0 Å². The summed E-state index contributed by atoms with van der Waals surface area (Å²) in [6.45, 7) is 5.30. The highest BCUT2D eigenvalue weighted by Crippen LogP contribution is 2.33. The van der Waals surface area contributed by atoms with Crippen molar-refractivity contribution in [2.45, 2.75) is 26.8 Å². The molecule has 4 heteroatoms. The minimum atomic E-state index is -0.600. The molecule has 0 bridgehead atoms. The van der Waals surface area contributed by atoms with Gasteiger partial charge >= 0.3 is 0 Å². The van der Waals surface area contributed by atoms with Crippen LogP contribution in [0.3, 0.4) is 0 Å². The van der Waals surface area contributed by atoms with Crippen LogP contribution < -0.4 is 5.32 Å². The second kappa shape index (κ2) is 7.01. The predicted molar refractivity (Wildman–Crippen MR) is 83.5 cm³/mol. The molecule has 0 heterocycles. The molecule has 0 saturated heterocycles. The average molecular weight is 310 g/mol. The lowest BCUT2D eigenvalue weighted by atomic mass is 10.0. The van der Waals surface area contributed by atoms with E-state index in [0.29, 0.717) is 22.7 Å². The Balaban J connectivity index is 2.36. The fourth-order valence-electron chi connectivity index (χ4n) is 2.18. The van der Waals surface area contributed by atoms with Crippen molar-refractivity contribution in [2.75, 3.05) is 6.54 Å². The Bertz CT molecular complexity index is 641. The maximum atomic E-state index is 14.2. The molecule has 1 N–H and O–H groups in total. The van der Waals surface area contributed by atoms with Gasteiger partial charge < -0.3 is 5.32 Å². The van der Waals surface area contributed by atoms with Crippen molar-refractivity contribution in [3.63, 3.8) is 0 Å². The quantitative estimate of drug-likeness (QED) is 0.758. The fourth-order valence-corrected chi connectivity index (χ4v) is 2.48. The molecule has 2 rings (SSSR count). The van der Waals surface area contributed by atoms with E-state index in [4.69, 9.17) is 11.6 Å². The van der Waals surface area contributed by atoms with Crippen LogP contribution in [0.15, 0.2) is 30.3 Å². The summed E-state index contributed by atoms with van der Waals surface area (Å²) in [5.41, 5.74) is 1.71. The van der Waals surface area contributed by atoms with Crippen LogP contribution in [-0.2, 0) is 6.54 Å². The Hall–Kier alpha value is -1.45. The third kappa shape index (κ3) is 3.60. The molecule has 0 unspecified atom stereocenters. The van der Waals surface area contributed by atoms with Gasteiger partial charge in [0, 0.05) is 17.1 Å². The Kier molecular flexibility index (Phi) is 5.32. The van der Waals surface area contributed by atoms with Gasteiger partial charge in [-0.25, -0.2) is 8.78 Å². The molecular formula is C17H18ClF2N. The van der Waals surface area contributed by atoms with Crippen LogP contribution in [0, 0.1) is 18.6 Å². The average Bonchev–Trinajstić information content (AvgIpc) is 2.46. The van der Waals surface area contributed by atoms with Crippen molar-refractivity contribution in [3.05, 3.63) is 58.1 Å². The van der Waals surface area contributed by atoms with E-state index < -0.39 is 11.6 Å². The summed E-state index contributed by atoms with van der Waals surface area (Å²) < 4.78 is 28.1. The van der Waals surface area contributed by atoms with Crippen molar-refractivity contribution in [1.82, 2.24) is 5.32 Å².